The van der Waals surface area contributed by atoms with Crippen molar-refractivity contribution in [2.24, 2.45) is 5.92 Å². The smallest absolute Gasteiger partial charge is 0.306 e. The molecule has 0 radical (unpaired) electrons. The van der Waals surface area contributed by atoms with Crippen LogP contribution in [0.5, 0.6) is 0 Å². The Morgan fingerprint density at radius 1 is 1.33 bits per heavy atom. The number of hydrogen-bond donors (Lipinski definition) is 2. The number of carboxylic acids is 1. The van der Waals surface area contributed by atoms with Crippen molar-refractivity contribution in [3.63, 3.8) is 0 Å². The zero-order chi connectivity index (χ0) is 15.2. The van der Waals surface area contributed by atoms with Crippen LogP contribution in [0.25, 0.3) is 0 Å². The van der Waals surface area contributed by atoms with Crippen LogP contribution >= 0.6 is 11.8 Å². The summed E-state index contributed by atoms with van der Waals surface area (Å²) in [7, 11) is 0. The molecule has 1 aliphatic rings. The average Bonchev–Trinajstić information content (AvgIpc) is 2.94. The standard InChI is InChI=1S/C16H21NO3S/c1-11(21-10-12-5-3-2-4-6-12)15(18)17-14-8-7-13(9-14)16(19)20/h2-6,11,13-14H,7-10H2,1H3,(H,17,18)(H,19,20)/t11?,13-,14+/m0/s1. The highest BCUT2D eigenvalue weighted by Gasteiger charge is 2.31. The van der Waals surface area contributed by atoms with Crippen LogP contribution in [0.1, 0.15) is 31.7 Å². The summed E-state index contributed by atoms with van der Waals surface area (Å²) in [5.41, 5.74) is 1.20. The Morgan fingerprint density at radius 2 is 2.05 bits per heavy atom. The van der Waals surface area contributed by atoms with Crippen molar-refractivity contribution in [2.75, 3.05) is 0 Å². The number of carboxylic acid groups (broad SMARTS) is 1. The van der Waals surface area contributed by atoms with E-state index in [1.54, 1.807) is 11.8 Å². The van der Waals surface area contributed by atoms with Crippen LogP contribution in [0.3, 0.4) is 0 Å². The molecule has 1 aromatic rings. The molecule has 2 rings (SSSR count). The van der Waals surface area contributed by atoms with Gasteiger partial charge in [0.1, 0.15) is 0 Å². The Labute approximate surface area is 129 Å². The molecule has 1 aliphatic carbocycles. The molecular formula is C16H21NO3S. The first kappa shape index (κ1) is 15.9. The Balaban J connectivity index is 1.74. The van der Waals surface area contributed by atoms with E-state index in [2.05, 4.69) is 5.32 Å². The van der Waals surface area contributed by atoms with Gasteiger partial charge in [0.15, 0.2) is 0 Å². The van der Waals surface area contributed by atoms with Gasteiger partial charge >= 0.3 is 5.97 Å². The van der Waals surface area contributed by atoms with E-state index in [4.69, 9.17) is 5.11 Å². The number of nitrogens with one attached hydrogen (secondary N) is 1. The van der Waals surface area contributed by atoms with Gasteiger partial charge in [-0.1, -0.05) is 30.3 Å². The van der Waals surface area contributed by atoms with Crippen LogP contribution in [-0.4, -0.2) is 28.3 Å². The molecule has 2 N–H and O–H groups in total. The van der Waals surface area contributed by atoms with Crippen molar-refractivity contribution in [3.05, 3.63) is 35.9 Å². The van der Waals surface area contributed by atoms with Gasteiger partial charge in [-0.3, -0.25) is 9.59 Å². The number of thioether (sulfide) groups is 1. The summed E-state index contributed by atoms with van der Waals surface area (Å²) in [6.07, 6.45) is 1.97. The van der Waals surface area contributed by atoms with E-state index < -0.39 is 5.97 Å². The third-order valence-electron chi connectivity index (χ3n) is 3.84. The van der Waals surface area contributed by atoms with Crippen molar-refractivity contribution >= 4 is 23.6 Å². The number of aliphatic carboxylic acids is 1. The predicted octanol–water partition coefficient (Wildman–Crippen LogP) is 2.68. The third kappa shape index (κ3) is 4.77. The summed E-state index contributed by atoms with van der Waals surface area (Å²) in [4.78, 5) is 23.0. The predicted molar refractivity (Wildman–Crippen MR) is 84.1 cm³/mol. The molecule has 1 saturated carbocycles. The van der Waals surface area contributed by atoms with Crippen LogP contribution in [0.2, 0.25) is 0 Å². The van der Waals surface area contributed by atoms with E-state index in [1.807, 2.05) is 37.3 Å². The molecule has 0 aromatic heterocycles. The zero-order valence-corrected chi connectivity index (χ0v) is 12.9. The molecular weight excluding hydrogens is 286 g/mol. The van der Waals surface area contributed by atoms with Gasteiger partial charge in [0.2, 0.25) is 5.91 Å². The van der Waals surface area contributed by atoms with Crippen molar-refractivity contribution in [1.29, 1.82) is 0 Å². The summed E-state index contributed by atoms with van der Waals surface area (Å²) in [5, 5.41) is 11.8. The lowest BCUT2D eigenvalue weighted by Gasteiger charge is -2.16. The molecule has 5 heteroatoms. The van der Waals surface area contributed by atoms with Gasteiger partial charge in [-0.25, -0.2) is 0 Å². The highest BCUT2D eigenvalue weighted by Crippen LogP contribution is 2.26. The molecule has 0 spiro atoms. The lowest BCUT2D eigenvalue weighted by Crippen LogP contribution is -2.38. The van der Waals surface area contributed by atoms with Crippen molar-refractivity contribution < 1.29 is 14.7 Å². The first-order valence-corrected chi connectivity index (χ1v) is 8.30. The number of amides is 1. The van der Waals surface area contributed by atoms with Crippen LogP contribution in [-0.2, 0) is 15.3 Å². The number of benzene rings is 1. The molecule has 4 nitrogen and oxygen atoms in total. The number of carbonyl (C=O) groups is 2. The van der Waals surface area contributed by atoms with Crippen LogP contribution in [0.4, 0.5) is 0 Å². The maximum atomic E-state index is 12.1. The van der Waals surface area contributed by atoms with E-state index in [-0.39, 0.29) is 23.1 Å². The minimum atomic E-state index is -0.752. The fourth-order valence-corrected chi connectivity index (χ4v) is 3.38. The lowest BCUT2D eigenvalue weighted by atomic mass is 10.1. The topological polar surface area (TPSA) is 66.4 Å². The summed E-state index contributed by atoms with van der Waals surface area (Å²) in [6, 6.07) is 10.1. The summed E-state index contributed by atoms with van der Waals surface area (Å²) in [6.45, 7) is 1.90. The fourth-order valence-electron chi connectivity index (χ4n) is 2.53. The second kappa shape index (κ2) is 7.50. The van der Waals surface area contributed by atoms with E-state index in [0.717, 1.165) is 12.2 Å². The zero-order valence-electron chi connectivity index (χ0n) is 12.1. The molecule has 0 bridgehead atoms. The maximum Gasteiger partial charge on any atom is 0.306 e. The van der Waals surface area contributed by atoms with E-state index in [9.17, 15) is 9.59 Å². The minimum Gasteiger partial charge on any atom is -0.481 e. The highest BCUT2D eigenvalue weighted by molar-refractivity contribution is 7.99. The van der Waals surface area contributed by atoms with Gasteiger partial charge in [-0.2, -0.15) is 0 Å². The van der Waals surface area contributed by atoms with Crippen LogP contribution in [0.15, 0.2) is 30.3 Å². The Kier molecular flexibility index (Phi) is 5.67. The van der Waals surface area contributed by atoms with Crippen molar-refractivity contribution in [2.45, 2.75) is 43.2 Å². The van der Waals surface area contributed by atoms with E-state index >= 15 is 0 Å². The number of rotatable bonds is 6. The molecule has 21 heavy (non-hydrogen) atoms. The second-order valence-corrected chi connectivity index (χ2v) is 6.82. The van der Waals surface area contributed by atoms with Crippen molar-refractivity contribution in [1.82, 2.24) is 5.32 Å². The molecule has 1 unspecified atom stereocenters. The van der Waals surface area contributed by atoms with Gasteiger partial charge in [0.05, 0.1) is 11.2 Å². The Bertz CT molecular complexity index is 492. The highest BCUT2D eigenvalue weighted by atomic mass is 32.2. The molecule has 1 aromatic carbocycles. The monoisotopic (exact) mass is 307 g/mol. The molecule has 1 amide bonds. The number of hydrogen-bond acceptors (Lipinski definition) is 3. The fraction of sp³-hybridized carbons (Fsp3) is 0.500. The van der Waals surface area contributed by atoms with Crippen LogP contribution < -0.4 is 5.32 Å². The largest absolute Gasteiger partial charge is 0.481 e. The van der Waals surface area contributed by atoms with Gasteiger partial charge in [-0.05, 0) is 31.7 Å². The van der Waals surface area contributed by atoms with E-state index in [1.165, 1.54) is 5.56 Å². The van der Waals surface area contributed by atoms with Crippen LogP contribution in [0, 0.1) is 5.92 Å². The molecule has 0 aliphatic heterocycles. The van der Waals surface area contributed by atoms with Gasteiger partial charge in [-0.15, -0.1) is 11.8 Å². The summed E-state index contributed by atoms with van der Waals surface area (Å²) in [5.74, 6) is -0.245. The lowest BCUT2D eigenvalue weighted by molar-refractivity contribution is -0.141. The molecule has 1 fully saturated rings. The molecule has 0 heterocycles. The first-order valence-electron chi connectivity index (χ1n) is 7.25. The average molecular weight is 307 g/mol. The second-order valence-electron chi connectivity index (χ2n) is 5.49. The molecule has 3 atom stereocenters. The van der Waals surface area contributed by atoms with E-state index in [0.29, 0.717) is 12.8 Å². The SMILES string of the molecule is CC(SCc1ccccc1)C(=O)N[C@@H]1CC[C@H](C(=O)O)C1. The quantitative estimate of drug-likeness (QED) is 0.848. The summed E-state index contributed by atoms with van der Waals surface area (Å²) < 4.78 is 0. The third-order valence-corrected chi connectivity index (χ3v) is 5.05. The molecule has 0 saturated heterocycles. The van der Waals surface area contributed by atoms with Gasteiger partial charge in [0.25, 0.3) is 0 Å². The Hall–Kier alpha value is -1.49. The Morgan fingerprint density at radius 3 is 2.67 bits per heavy atom. The normalized spacial score (nSPS) is 22.7. The van der Waals surface area contributed by atoms with Gasteiger partial charge < -0.3 is 10.4 Å². The van der Waals surface area contributed by atoms with Crippen molar-refractivity contribution in [3.8, 4) is 0 Å². The summed E-state index contributed by atoms with van der Waals surface area (Å²) >= 11 is 1.60. The van der Waals surface area contributed by atoms with Gasteiger partial charge in [0, 0.05) is 11.8 Å². The maximum absolute atomic E-state index is 12.1. The first-order chi connectivity index (χ1) is 10.1. The molecule has 114 valence electrons. The minimum absolute atomic E-state index is 0.00645. The number of carbonyl (C=O) groups excluding carboxylic acids is 1.